The first-order chi connectivity index (χ1) is 15.6. The van der Waals surface area contributed by atoms with Gasteiger partial charge in [-0.25, -0.2) is 0 Å². The molecule has 0 radical (unpaired) electrons. The molecule has 32 heavy (non-hydrogen) atoms. The smallest absolute Gasteiger partial charge is 0.266 e. The standard InChI is InChI=1S/C25H29N3O2S2/c1-26-20-13-7-6-12-18(20)22(27-14-8-2-3-9-15-27)19(23(26)29)16-21-24(30)28(25(31)32-21)17-10-4-5-11-17/h6-7,12-13,16-17H,2-5,8-11,14-15H2,1H3. The molecule has 2 aromatic rings. The third-order valence-electron chi connectivity index (χ3n) is 7.02. The Kier molecular flexibility index (Phi) is 6.12. The number of thiocarbonyl (C=S) groups is 1. The van der Waals surface area contributed by atoms with Gasteiger partial charge in [-0.2, -0.15) is 0 Å². The Hall–Kier alpha value is -2.12. The number of fused-ring (bicyclic) bond motifs is 1. The second-order valence-electron chi connectivity index (χ2n) is 9.03. The molecule has 0 N–H and O–H groups in total. The molecule has 7 heteroatoms. The van der Waals surface area contributed by atoms with E-state index in [0.29, 0.717) is 14.8 Å². The Bertz CT molecular complexity index is 1160. The van der Waals surface area contributed by atoms with Gasteiger partial charge < -0.3 is 9.47 Å². The molecule has 1 aromatic carbocycles. The van der Waals surface area contributed by atoms with E-state index >= 15 is 0 Å². The summed E-state index contributed by atoms with van der Waals surface area (Å²) in [7, 11) is 1.82. The number of pyridine rings is 1. The number of hydrogen-bond acceptors (Lipinski definition) is 5. The van der Waals surface area contributed by atoms with Crippen LogP contribution in [-0.4, -0.2) is 38.8 Å². The first-order valence-electron chi connectivity index (χ1n) is 11.7. The molecule has 0 unspecified atom stereocenters. The van der Waals surface area contributed by atoms with E-state index in [0.717, 1.165) is 68.2 Å². The Balaban J connectivity index is 1.66. The van der Waals surface area contributed by atoms with Gasteiger partial charge in [0.15, 0.2) is 0 Å². The quantitative estimate of drug-likeness (QED) is 0.466. The van der Waals surface area contributed by atoms with Gasteiger partial charge in [0.05, 0.1) is 21.7 Å². The number of thioether (sulfide) groups is 1. The van der Waals surface area contributed by atoms with Gasteiger partial charge in [0.1, 0.15) is 4.32 Å². The maximum atomic E-state index is 13.6. The SMILES string of the molecule is Cn1c(=O)c(C=C2SC(=S)N(C3CCCC3)C2=O)c(N2CCCCCC2)c2ccccc21. The molecule has 3 aliphatic rings. The topological polar surface area (TPSA) is 45.6 Å². The van der Waals surface area contributed by atoms with Crippen LogP contribution in [-0.2, 0) is 11.8 Å². The number of para-hydroxylation sites is 1. The number of nitrogens with zero attached hydrogens (tertiary/aromatic N) is 3. The Morgan fingerprint density at radius 2 is 1.69 bits per heavy atom. The number of anilines is 1. The molecule has 5 rings (SSSR count). The van der Waals surface area contributed by atoms with Crippen LogP contribution in [0.4, 0.5) is 5.69 Å². The summed E-state index contributed by atoms with van der Waals surface area (Å²) in [6.45, 7) is 1.86. The van der Waals surface area contributed by atoms with Crippen LogP contribution in [0, 0.1) is 0 Å². The van der Waals surface area contributed by atoms with Crippen LogP contribution in [0.2, 0.25) is 0 Å². The lowest BCUT2D eigenvalue weighted by Crippen LogP contribution is -2.36. The monoisotopic (exact) mass is 467 g/mol. The van der Waals surface area contributed by atoms with E-state index in [9.17, 15) is 9.59 Å². The number of carbonyl (C=O) groups excluding carboxylic acids is 1. The second-order valence-corrected chi connectivity index (χ2v) is 10.7. The summed E-state index contributed by atoms with van der Waals surface area (Å²) in [4.78, 5) is 31.6. The van der Waals surface area contributed by atoms with E-state index in [-0.39, 0.29) is 17.5 Å². The molecule has 2 aliphatic heterocycles. The molecule has 1 aromatic heterocycles. The lowest BCUT2D eigenvalue weighted by Gasteiger charge is -2.27. The molecule has 1 aliphatic carbocycles. The van der Waals surface area contributed by atoms with Crippen molar-refractivity contribution in [2.24, 2.45) is 7.05 Å². The molecule has 3 heterocycles. The molecular formula is C25H29N3O2S2. The highest BCUT2D eigenvalue weighted by Gasteiger charge is 2.38. The van der Waals surface area contributed by atoms with Crippen LogP contribution < -0.4 is 10.5 Å². The summed E-state index contributed by atoms with van der Waals surface area (Å²) in [5, 5.41) is 1.06. The maximum Gasteiger partial charge on any atom is 0.266 e. The van der Waals surface area contributed by atoms with Gasteiger partial charge >= 0.3 is 0 Å². The van der Waals surface area contributed by atoms with E-state index in [1.165, 1.54) is 24.6 Å². The number of aryl methyl sites for hydroxylation is 1. The van der Waals surface area contributed by atoms with E-state index in [1.54, 1.807) is 9.47 Å². The van der Waals surface area contributed by atoms with Gasteiger partial charge in [0.25, 0.3) is 11.5 Å². The highest BCUT2D eigenvalue weighted by atomic mass is 32.2. The fourth-order valence-electron chi connectivity index (χ4n) is 5.36. The minimum Gasteiger partial charge on any atom is -0.370 e. The summed E-state index contributed by atoms with van der Waals surface area (Å²) >= 11 is 6.94. The van der Waals surface area contributed by atoms with Gasteiger partial charge in [-0.15, -0.1) is 0 Å². The van der Waals surface area contributed by atoms with Crippen LogP contribution >= 0.6 is 24.0 Å². The zero-order valence-corrected chi connectivity index (χ0v) is 20.1. The minimum absolute atomic E-state index is 0.0380. The lowest BCUT2D eigenvalue weighted by atomic mass is 10.1. The van der Waals surface area contributed by atoms with Crippen molar-refractivity contribution in [1.29, 1.82) is 0 Å². The summed E-state index contributed by atoms with van der Waals surface area (Å²) in [5.74, 6) is -0.0380. The van der Waals surface area contributed by atoms with Gasteiger partial charge in [0, 0.05) is 31.6 Å². The highest BCUT2D eigenvalue weighted by Crippen LogP contribution is 2.39. The maximum absolute atomic E-state index is 13.6. The molecular weight excluding hydrogens is 438 g/mol. The first kappa shape index (κ1) is 21.7. The van der Waals surface area contributed by atoms with E-state index in [1.807, 2.05) is 31.3 Å². The van der Waals surface area contributed by atoms with E-state index in [2.05, 4.69) is 11.0 Å². The summed E-state index contributed by atoms with van der Waals surface area (Å²) in [6.07, 6.45) is 10.8. The summed E-state index contributed by atoms with van der Waals surface area (Å²) in [6, 6.07) is 8.30. The third kappa shape index (κ3) is 3.79. The van der Waals surface area contributed by atoms with Crippen molar-refractivity contribution < 1.29 is 4.79 Å². The molecule has 2 saturated heterocycles. The second kappa shape index (κ2) is 9.02. The van der Waals surface area contributed by atoms with Gasteiger partial charge in [-0.05, 0) is 37.8 Å². The third-order valence-corrected chi connectivity index (χ3v) is 8.35. The molecule has 1 saturated carbocycles. The number of aromatic nitrogens is 1. The molecule has 0 bridgehead atoms. The predicted octanol–water partition coefficient (Wildman–Crippen LogP) is 5.06. The number of benzene rings is 1. The summed E-state index contributed by atoms with van der Waals surface area (Å²) < 4.78 is 2.34. The van der Waals surface area contributed by atoms with Gasteiger partial charge in [-0.3, -0.25) is 14.5 Å². The number of hydrogen-bond donors (Lipinski definition) is 0. The zero-order valence-electron chi connectivity index (χ0n) is 18.5. The highest BCUT2D eigenvalue weighted by molar-refractivity contribution is 8.26. The Morgan fingerprint density at radius 3 is 2.41 bits per heavy atom. The average Bonchev–Trinajstić information content (AvgIpc) is 3.31. The van der Waals surface area contributed by atoms with E-state index < -0.39 is 0 Å². The van der Waals surface area contributed by atoms with Crippen LogP contribution in [0.25, 0.3) is 17.0 Å². The molecule has 0 spiro atoms. The van der Waals surface area contributed by atoms with Crippen molar-refractivity contribution in [2.45, 2.75) is 57.4 Å². The molecule has 5 nitrogen and oxygen atoms in total. The number of amides is 1. The normalized spacial score (nSPS) is 21.8. The van der Waals surface area contributed by atoms with Crippen LogP contribution in [0.3, 0.4) is 0 Å². The first-order valence-corrected chi connectivity index (χ1v) is 12.9. The van der Waals surface area contributed by atoms with Crippen LogP contribution in [0.15, 0.2) is 34.0 Å². The van der Waals surface area contributed by atoms with Crippen molar-refractivity contribution in [3.8, 4) is 0 Å². The van der Waals surface area contributed by atoms with Gasteiger partial charge in [0.2, 0.25) is 0 Å². The minimum atomic E-state index is -0.0610. The molecule has 1 amide bonds. The Labute approximate surface area is 198 Å². The zero-order chi connectivity index (χ0) is 22.2. The summed E-state index contributed by atoms with van der Waals surface area (Å²) in [5.41, 5.74) is 2.44. The van der Waals surface area contributed by atoms with Crippen molar-refractivity contribution >= 4 is 56.9 Å². The van der Waals surface area contributed by atoms with Crippen molar-refractivity contribution in [3.63, 3.8) is 0 Å². The molecule has 168 valence electrons. The molecule has 0 atom stereocenters. The van der Waals surface area contributed by atoms with Crippen molar-refractivity contribution in [2.75, 3.05) is 18.0 Å². The number of rotatable bonds is 3. The largest absolute Gasteiger partial charge is 0.370 e. The van der Waals surface area contributed by atoms with Crippen LogP contribution in [0.1, 0.15) is 56.9 Å². The number of carbonyl (C=O) groups is 1. The Morgan fingerprint density at radius 1 is 1.00 bits per heavy atom. The average molecular weight is 468 g/mol. The van der Waals surface area contributed by atoms with Crippen molar-refractivity contribution in [1.82, 2.24) is 9.47 Å². The lowest BCUT2D eigenvalue weighted by molar-refractivity contribution is -0.123. The molecule has 3 fully saturated rings. The van der Waals surface area contributed by atoms with E-state index in [4.69, 9.17) is 12.2 Å². The predicted molar refractivity (Wildman–Crippen MR) is 137 cm³/mol. The fourth-order valence-corrected chi connectivity index (χ4v) is 6.74. The van der Waals surface area contributed by atoms with Crippen LogP contribution in [0.5, 0.6) is 0 Å². The van der Waals surface area contributed by atoms with Crippen molar-refractivity contribution in [3.05, 3.63) is 45.1 Å². The fraction of sp³-hybridized carbons (Fsp3) is 0.480. The van der Waals surface area contributed by atoms with Gasteiger partial charge in [-0.1, -0.05) is 67.9 Å².